The van der Waals surface area contributed by atoms with Gasteiger partial charge in [-0.2, -0.15) is 0 Å². The lowest BCUT2D eigenvalue weighted by molar-refractivity contribution is -0.114. The third kappa shape index (κ3) is 5.30. The minimum absolute atomic E-state index is 0.0496. The van der Waals surface area contributed by atoms with E-state index in [0.29, 0.717) is 6.04 Å². The fourth-order valence-corrected chi connectivity index (χ4v) is 4.31. The highest BCUT2D eigenvalue weighted by Crippen LogP contribution is 2.32. The van der Waals surface area contributed by atoms with E-state index in [9.17, 15) is 4.79 Å². The molecule has 1 aromatic heterocycles. The Hall–Kier alpha value is -3.18. The van der Waals surface area contributed by atoms with Gasteiger partial charge in [-0.1, -0.05) is 36.4 Å². The second kappa shape index (κ2) is 9.75. The molecule has 1 N–H and O–H groups in total. The predicted molar refractivity (Wildman–Crippen MR) is 123 cm³/mol. The largest absolute Gasteiger partial charge is 0.496 e. The molecule has 0 saturated carbocycles. The summed E-state index contributed by atoms with van der Waals surface area (Å²) in [5.74, 6) is 0.853. The van der Waals surface area contributed by atoms with Crippen LogP contribution in [0.2, 0.25) is 0 Å². The van der Waals surface area contributed by atoms with E-state index in [-0.39, 0.29) is 5.91 Å². The predicted octanol–water partition coefficient (Wildman–Crippen LogP) is 4.98. The first kappa shape index (κ1) is 21.1. The van der Waals surface area contributed by atoms with Crippen molar-refractivity contribution in [3.63, 3.8) is 0 Å². The Kier molecular flexibility index (Phi) is 6.63. The Morgan fingerprint density at radius 1 is 1.10 bits per heavy atom. The zero-order valence-corrected chi connectivity index (χ0v) is 18.2. The number of aromatic nitrogens is 1. The molecule has 0 spiro atoms. The van der Waals surface area contributed by atoms with Gasteiger partial charge in [0.1, 0.15) is 5.75 Å². The average molecular weight is 416 g/mol. The number of para-hydroxylation sites is 1. The molecular weight excluding hydrogens is 386 g/mol. The first-order valence-corrected chi connectivity index (χ1v) is 10.8. The van der Waals surface area contributed by atoms with Crippen molar-refractivity contribution in [2.24, 2.45) is 0 Å². The maximum absolute atomic E-state index is 11.2. The quantitative estimate of drug-likeness (QED) is 0.592. The van der Waals surface area contributed by atoms with E-state index in [1.54, 1.807) is 7.11 Å². The van der Waals surface area contributed by atoms with Crippen LogP contribution < -0.4 is 10.1 Å². The molecule has 0 bridgehead atoms. The van der Waals surface area contributed by atoms with Crippen molar-refractivity contribution >= 4 is 11.6 Å². The lowest BCUT2D eigenvalue weighted by Crippen LogP contribution is -2.23. The molecule has 1 unspecified atom stereocenters. The first-order valence-electron chi connectivity index (χ1n) is 10.8. The van der Waals surface area contributed by atoms with Gasteiger partial charge in [0.2, 0.25) is 5.91 Å². The Labute approximate surface area is 184 Å². The summed E-state index contributed by atoms with van der Waals surface area (Å²) in [6.07, 6.45) is 3.05. The van der Waals surface area contributed by atoms with Gasteiger partial charge in [0.25, 0.3) is 0 Å². The van der Waals surface area contributed by atoms with Gasteiger partial charge >= 0.3 is 0 Å². The fraction of sp³-hybridized carbons (Fsp3) is 0.308. The maximum atomic E-state index is 11.2. The Balaban J connectivity index is 1.47. The summed E-state index contributed by atoms with van der Waals surface area (Å²) >= 11 is 0. The van der Waals surface area contributed by atoms with Crippen LogP contribution in [0, 0.1) is 0 Å². The molecule has 0 radical (unpaired) electrons. The molecule has 1 fully saturated rings. The number of likely N-dealkylation sites (tertiary alicyclic amines) is 1. The van der Waals surface area contributed by atoms with Gasteiger partial charge in [0.15, 0.2) is 0 Å². The topological polar surface area (TPSA) is 54.5 Å². The average Bonchev–Trinajstić information content (AvgIpc) is 3.23. The molecule has 1 atom stereocenters. The van der Waals surface area contributed by atoms with Crippen LogP contribution >= 0.6 is 0 Å². The molecule has 2 heterocycles. The lowest BCUT2D eigenvalue weighted by atomic mass is 10.1. The van der Waals surface area contributed by atoms with Crippen LogP contribution in [0.25, 0.3) is 0 Å². The van der Waals surface area contributed by atoms with E-state index in [1.165, 1.54) is 18.9 Å². The van der Waals surface area contributed by atoms with Crippen LogP contribution in [-0.4, -0.2) is 29.4 Å². The minimum Gasteiger partial charge on any atom is -0.496 e. The number of nitrogens with one attached hydrogen (secondary N) is 1. The second-order valence-electron chi connectivity index (χ2n) is 8.05. The molecule has 2 aromatic carbocycles. The number of rotatable bonds is 7. The lowest BCUT2D eigenvalue weighted by Gasteiger charge is -2.24. The number of carbonyl (C=O) groups is 1. The normalized spacial score (nSPS) is 16.3. The molecule has 1 aliphatic heterocycles. The van der Waals surface area contributed by atoms with E-state index in [2.05, 4.69) is 46.6 Å². The highest BCUT2D eigenvalue weighted by Gasteiger charge is 2.27. The zero-order valence-electron chi connectivity index (χ0n) is 18.2. The molecule has 5 heteroatoms. The monoisotopic (exact) mass is 415 g/mol. The molecule has 5 nitrogen and oxygen atoms in total. The summed E-state index contributed by atoms with van der Waals surface area (Å²) < 4.78 is 5.50. The van der Waals surface area contributed by atoms with Gasteiger partial charge in [-0.05, 0) is 55.3 Å². The van der Waals surface area contributed by atoms with E-state index in [0.717, 1.165) is 54.3 Å². The SMILES string of the molecule is COc1ccccc1Cc1cccc(C2CCCN2Cc2ccc(NC(C)=O)cc2)n1. The fourth-order valence-electron chi connectivity index (χ4n) is 4.31. The van der Waals surface area contributed by atoms with Crippen LogP contribution in [0.3, 0.4) is 0 Å². The van der Waals surface area contributed by atoms with E-state index in [1.807, 2.05) is 30.3 Å². The molecule has 160 valence electrons. The highest BCUT2D eigenvalue weighted by atomic mass is 16.5. The van der Waals surface area contributed by atoms with Gasteiger partial charge in [-0.25, -0.2) is 0 Å². The summed E-state index contributed by atoms with van der Waals surface area (Å²) in [4.78, 5) is 18.7. The highest BCUT2D eigenvalue weighted by molar-refractivity contribution is 5.88. The number of amides is 1. The molecular formula is C26H29N3O2. The van der Waals surface area contributed by atoms with Gasteiger partial charge in [-0.3, -0.25) is 14.7 Å². The summed E-state index contributed by atoms with van der Waals surface area (Å²) in [6, 6.07) is 22.9. The number of nitrogens with zero attached hydrogens (tertiary/aromatic N) is 2. The summed E-state index contributed by atoms with van der Waals surface area (Å²) in [5, 5.41) is 2.82. The third-order valence-electron chi connectivity index (χ3n) is 5.76. The number of ether oxygens (including phenoxy) is 1. The van der Waals surface area contributed by atoms with Crippen molar-refractivity contribution in [3.8, 4) is 5.75 Å². The Morgan fingerprint density at radius 2 is 1.90 bits per heavy atom. The van der Waals surface area contributed by atoms with Crippen molar-refractivity contribution in [2.75, 3.05) is 19.0 Å². The molecule has 1 saturated heterocycles. The molecule has 1 amide bonds. The number of benzene rings is 2. The van der Waals surface area contributed by atoms with Gasteiger partial charge < -0.3 is 10.1 Å². The van der Waals surface area contributed by atoms with Crippen molar-refractivity contribution in [1.82, 2.24) is 9.88 Å². The number of pyridine rings is 1. The summed E-state index contributed by atoms with van der Waals surface area (Å²) in [5.41, 5.74) is 5.43. The Morgan fingerprint density at radius 3 is 2.68 bits per heavy atom. The van der Waals surface area contributed by atoms with Gasteiger partial charge in [0, 0.05) is 36.8 Å². The number of hydrogen-bond donors (Lipinski definition) is 1. The zero-order chi connectivity index (χ0) is 21.6. The van der Waals surface area contributed by atoms with Crippen LogP contribution in [0.1, 0.15) is 48.3 Å². The van der Waals surface area contributed by atoms with Crippen molar-refractivity contribution in [3.05, 3.63) is 89.2 Å². The number of hydrogen-bond acceptors (Lipinski definition) is 4. The van der Waals surface area contributed by atoms with E-state index < -0.39 is 0 Å². The molecule has 0 aliphatic carbocycles. The smallest absolute Gasteiger partial charge is 0.221 e. The van der Waals surface area contributed by atoms with Gasteiger partial charge in [-0.15, -0.1) is 0 Å². The van der Waals surface area contributed by atoms with Crippen molar-refractivity contribution < 1.29 is 9.53 Å². The molecule has 31 heavy (non-hydrogen) atoms. The third-order valence-corrected chi connectivity index (χ3v) is 5.76. The summed E-state index contributed by atoms with van der Waals surface area (Å²) in [6.45, 7) is 3.47. The van der Waals surface area contributed by atoms with Crippen LogP contribution in [-0.2, 0) is 17.8 Å². The van der Waals surface area contributed by atoms with Crippen LogP contribution in [0.5, 0.6) is 5.75 Å². The molecule has 1 aliphatic rings. The van der Waals surface area contributed by atoms with Gasteiger partial charge in [0.05, 0.1) is 18.8 Å². The standard InChI is InChI=1S/C26H29N3O2/c1-19(30)27-22-14-12-20(13-15-22)18-29-16-6-10-25(29)24-9-5-8-23(28-24)17-21-7-3-4-11-26(21)31-2/h3-5,7-9,11-15,25H,6,10,16-18H2,1-2H3,(H,27,30). The molecule has 4 rings (SSSR count). The number of methoxy groups -OCH3 is 1. The maximum Gasteiger partial charge on any atom is 0.221 e. The van der Waals surface area contributed by atoms with Crippen molar-refractivity contribution in [1.29, 1.82) is 0 Å². The second-order valence-corrected chi connectivity index (χ2v) is 8.05. The van der Waals surface area contributed by atoms with Crippen LogP contribution in [0.4, 0.5) is 5.69 Å². The van der Waals surface area contributed by atoms with E-state index >= 15 is 0 Å². The van der Waals surface area contributed by atoms with Crippen LogP contribution in [0.15, 0.2) is 66.7 Å². The molecule has 3 aromatic rings. The minimum atomic E-state index is -0.0496. The van der Waals surface area contributed by atoms with Crippen molar-refractivity contribution in [2.45, 2.75) is 38.8 Å². The Bertz CT molecular complexity index is 1030. The number of carbonyl (C=O) groups excluding carboxylic acids is 1. The summed E-state index contributed by atoms with van der Waals surface area (Å²) in [7, 11) is 1.71. The number of anilines is 1. The first-order chi connectivity index (χ1) is 15.1. The van der Waals surface area contributed by atoms with E-state index in [4.69, 9.17) is 9.72 Å².